The first kappa shape index (κ1) is 13.0. The zero-order chi connectivity index (χ0) is 12.0. The first-order valence-corrected chi connectivity index (χ1v) is 5.69. The van der Waals surface area contributed by atoms with Gasteiger partial charge in [-0.05, 0) is 34.5 Å². The summed E-state index contributed by atoms with van der Waals surface area (Å²) in [4.78, 5) is 10.8. The van der Waals surface area contributed by atoms with Crippen molar-refractivity contribution in [1.82, 2.24) is 0 Å². The second kappa shape index (κ2) is 6.48. The average molecular weight is 290 g/mol. The van der Waals surface area contributed by atoms with E-state index < -0.39 is 0 Å². The molecule has 0 aliphatic heterocycles. The highest BCUT2D eigenvalue weighted by Crippen LogP contribution is 2.24. The molecular formula is C11H13BrFNO2. The van der Waals surface area contributed by atoms with Crippen LogP contribution in [0.4, 0.5) is 10.1 Å². The van der Waals surface area contributed by atoms with Gasteiger partial charge in [-0.25, -0.2) is 4.39 Å². The second-order valence-electron chi connectivity index (χ2n) is 3.20. The summed E-state index contributed by atoms with van der Waals surface area (Å²) >= 11 is 3.25. The lowest BCUT2D eigenvalue weighted by Crippen LogP contribution is -2.07. The van der Waals surface area contributed by atoms with Gasteiger partial charge in [-0.1, -0.05) is 6.07 Å². The van der Waals surface area contributed by atoms with Gasteiger partial charge in [-0.15, -0.1) is 0 Å². The van der Waals surface area contributed by atoms with Gasteiger partial charge in [0.2, 0.25) is 0 Å². The Hall–Kier alpha value is -1.10. The van der Waals surface area contributed by atoms with E-state index in [2.05, 4.69) is 26.0 Å². The molecule has 0 bridgehead atoms. The molecule has 1 aromatic rings. The van der Waals surface area contributed by atoms with Crippen LogP contribution in [0, 0.1) is 5.82 Å². The molecule has 0 heterocycles. The zero-order valence-corrected chi connectivity index (χ0v) is 10.5. The molecule has 0 radical (unpaired) electrons. The molecule has 0 amide bonds. The smallest absolute Gasteiger partial charge is 0.305 e. The number of nitrogens with one attached hydrogen (secondary N) is 1. The van der Waals surface area contributed by atoms with Crippen LogP contribution in [-0.2, 0) is 9.53 Å². The highest BCUT2D eigenvalue weighted by atomic mass is 79.9. The minimum Gasteiger partial charge on any atom is -0.469 e. The van der Waals surface area contributed by atoms with Gasteiger partial charge in [0, 0.05) is 17.4 Å². The van der Waals surface area contributed by atoms with Crippen molar-refractivity contribution in [3.63, 3.8) is 0 Å². The van der Waals surface area contributed by atoms with Crippen LogP contribution in [0.25, 0.3) is 0 Å². The number of carbonyl (C=O) groups is 1. The highest BCUT2D eigenvalue weighted by Gasteiger charge is 2.05. The maximum absolute atomic E-state index is 13.3. The summed E-state index contributed by atoms with van der Waals surface area (Å²) in [5.74, 6) is -0.568. The van der Waals surface area contributed by atoms with Crippen molar-refractivity contribution < 1.29 is 13.9 Å². The molecule has 0 spiro atoms. The Morgan fingerprint density at radius 2 is 2.31 bits per heavy atom. The molecule has 1 aromatic carbocycles. The van der Waals surface area contributed by atoms with Gasteiger partial charge >= 0.3 is 5.97 Å². The van der Waals surface area contributed by atoms with Gasteiger partial charge in [0.25, 0.3) is 0 Å². The molecule has 0 aliphatic rings. The maximum atomic E-state index is 13.3. The van der Waals surface area contributed by atoms with Crippen LogP contribution >= 0.6 is 15.9 Å². The highest BCUT2D eigenvalue weighted by molar-refractivity contribution is 9.10. The molecule has 88 valence electrons. The summed E-state index contributed by atoms with van der Waals surface area (Å²) in [5.41, 5.74) is 0.423. The Kier molecular flexibility index (Phi) is 5.25. The van der Waals surface area contributed by atoms with Gasteiger partial charge < -0.3 is 10.1 Å². The first-order valence-electron chi connectivity index (χ1n) is 4.90. The van der Waals surface area contributed by atoms with E-state index >= 15 is 0 Å². The number of anilines is 1. The number of para-hydroxylation sites is 1. The van der Waals surface area contributed by atoms with Crippen LogP contribution in [0.3, 0.4) is 0 Å². The third-order valence-corrected chi connectivity index (χ3v) is 2.71. The first-order chi connectivity index (χ1) is 7.65. The van der Waals surface area contributed by atoms with E-state index in [1.165, 1.54) is 13.2 Å². The number of hydrogen-bond donors (Lipinski definition) is 1. The van der Waals surface area contributed by atoms with Crippen LogP contribution in [-0.4, -0.2) is 19.6 Å². The van der Waals surface area contributed by atoms with Crippen LogP contribution in [0.15, 0.2) is 22.7 Å². The van der Waals surface area contributed by atoms with Gasteiger partial charge in [-0.2, -0.15) is 0 Å². The Balaban J connectivity index is 2.40. The lowest BCUT2D eigenvalue weighted by atomic mass is 10.2. The van der Waals surface area contributed by atoms with Gasteiger partial charge in [0.1, 0.15) is 5.82 Å². The average Bonchev–Trinajstić information content (AvgIpc) is 2.27. The Bertz CT molecular complexity index is 351. The second-order valence-corrected chi connectivity index (χ2v) is 4.06. The maximum Gasteiger partial charge on any atom is 0.305 e. The zero-order valence-electron chi connectivity index (χ0n) is 8.93. The summed E-state index contributed by atoms with van der Waals surface area (Å²) in [7, 11) is 1.35. The summed E-state index contributed by atoms with van der Waals surface area (Å²) in [6.07, 6.45) is 0.934. The predicted octanol–water partition coefficient (Wildman–Crippen LogP) is 2.95. The lowest BCUT2D eigenvalue weighted by molar-refractivity contribution is -0.140. The van der Waals surface area contributed by atoms with E-state index in [9.17, 15) is 9.18 Å². The monoisotopic (exact) mass is 289 g/mol. The van der Waals surface area contributed by atoms with E-state index in [0.717, 1.165) is 0 Å². The molecule has 0 fully saturated rings. The molecule has 0 atom stereocenters. The third-order valence-electron chi connectivity index (χ3n) is 2.05. The van der Waals surface area contributed by atoms with Crippen LogP contribution < -0.4 is 5.32 Å². The fourth-order valence-corrected chi connectivity index (χ4v) is 1.70. The Morgan fingerprint density at radius 1 is 1.56 bits per heavy atom. The minimum atomic E-state index is -0.313. The standard InChI is InChI=1S/C11H13BrFNO2/c1-16-10(15)6-3-7-14-11-8(12)4-2-5-9(11)13/h2,4-5,14H,3,6-7H2,1H3. The van der Waals surface area contributed by atoms with Crippen molar-refractivity contribution >= 4 is 27.6 Å². The number of esters is 1. The Morgan fingerprint density at radius 3 is 2.94 bits per heavy atom. The van der Waals surface area contributed by atoms with Gasteiger partial charge in [0.15, 0.2) is 0 Å². The van der Waals surface area contributed by atoms with Crippen LogP contribution in [0.2, 0.25) is 0 Å². The van der Waals surface area contributed by atoms with Crippen molar-refractivity contribution in [1.29, 1.82) is 0 Å². The molecular weight excluding hydrogens is 277 g/mol. The quantitative estimate of drug-likeness (QED) is 0.669. The SMILES string of the molecule is COC(=O)CCCNc1c(F)cccc1Br. The minimum absolute atomic E-state index is 0.255. The molecule has 0 aromatic heterocycles. The summed E-state index contributed by atoms with van der Waals surface area (Å²) in [6.45, 7) is 0.522. The number of carbonyl (C=O) groups excluding carboxylic acids is 1. The molecule has 5 heteroatoms. The third kappa shape index (κ3) is 3.81. The predicted molar refractivity (Wildman–Crippen MR) is 63.8 cm³/mol. The van der Waals surface area contributed by atoms with Crippen molar-refractivity contribution in [3.8, 4) is 0 Å². The van der Waals surface area contributed by atoms with Gasteiger partial charge in [0.05, 0.1) is 12.8 Å². The van der Waals surface area contributed by atoms with E-state index in [1.807, 2.05) is 0 Å². The van der Waals surface area contributed by atoms with E-state index in [-0.39, 0.29) is 11.8 Å². The van der Waals surface area contributed by atoms with Gasteiger partial charge in [-0.3, -0.25) is 4.79 Å². The topological polar surface area (TPSA) is 38.3 Å². The largest absolute Gasteiger partial charge is 0.469 e. The van der Waals surface area contributed by atoms with Crippen molar-refractivity contribution in [2.75, 3.05) is 19.0 Å². The number of hydrogen-bond acceptors (Lipinski definition) is 3. The summed E-state index contributed by atoms with van der Waals surface area (Å²) in [6, 6.07) is 4.76. The van der Waals surface area contributed by atoms with E-state index in [1.54, 1.807) is 12.1 Å². The molecule has 0 aliphatic carbocycles. The normalized spacial score (nSPS) is 9.94. The number of benzene rings is 1. The molecule has 16 heavy (non-hydrogen) atoms. The van der Waals surface area contributed by atoms with E-state index in [0.29, 0.717) is 29.5 Å². The van der Waals surface area contributed by atoms with Crippen molar-refractivity contribution in [3.05, 3.63) is 28.5 Å². The van der Waals surface area contributed by atoms with Crippen molar-refractivity contribution in [2.24, 2.45) is 0 Å². The molecule has 1 rings (SSSR count). The number of rotatable bonds is 5. The molecule has 0 saturated carbocycles. The fraction of sp³-hybridized carbons (Fsp3) is 0.364. The van der Waals surface area contributed by atoms with E-state index in [4.69, 9.17) is 0 Å². The molecule has 1 N–H and O–H groups in total. The van der Waals surface area contributed by atoms with Crippen LogP contribution in [0.1, 0.15) is 12.8 Å². The lowest BCUT2D eigenvalue weighted by Gasteiger charge is -2.08. The number of methoxy groups -OCH3 is 1. The fourth-order valence-electron chi connectivity index (χ4n) is 1.21. The number of ether oxygens (including phenoxy) is 1. The van der Waals surface area contributed by atoms with Crippen LogP contribution in [0.5, 0.6) is 0 Å². The summed E-state index contributed by atoms with van der Waals surface area (Å²) < 4.78 is 18.5. The molecule has 0 saturated heterocycles. The Labute approximate surface area is 102 Å². The summed E-state index contributed by atoms with van der Waals surface area (Å²) in [5, 5.41) is 2.93. The number of halogens is 2. The van der Waals surface area contributed by atoms with Crippen molar-refractivity contribution in [2.45, 2.75) is 12.8 Å². The molecule has 3 nitrogen and oxygen atoms in total. The molecule has 0 unspecified atom stereocenters.